The highest BCUT2D eigenvalue weighted by atomic mass is 16.5. The number of hydrogen-bond acceptors (Lipinski definition) is 4. The summed E-state index contributed by atoms with van der Waals surface area (Å²) in [6.07, 6.45) is 0. The summed E-state index contributed by atoms with van der Waals surface area (Å²) in [7, 11) is 1.29. The van der Waals surface area contributed by atoms with Gasteiger partial charge in [0, 0.05) is 0 Å². The van der Waals surface area contributed by atoms with Crippen LogP contribution in [0.25, 0.3) is 0 Å². The first-order chi connectivity index (χ1) is 8.97. The number of hydrogen-bond donors (Lipinski definition) is 2. The lowest BCUT2D eigenvalue weighted by Crippen LogP contribution is -2.48. The van der Waals surface area contributed by atoms with Gasteiger partial charge in [-0.2, -0.15) is 0 Å². The van der Waals surface area contributed by atoms with Crippen molar-refractivity contribution in [3.8, 4) is 0 Å². The predicted octanol–water partition coefficient (Wildman–Crippen LogP) is 1.00. The standard InChI is InChI=1S/C14H20N2O3/c1-9(2)12(14(18)19-3)16-13(17)11(15)10-7-5-4-6-8-10/h4-9,11-12H,15H2,1-3H3,(H,16,17)/t11-,12?/m1/s1. The third-order valence-corrected chi connectivity index (χ3v) is 2.86. The minimum atomic E-state index is -0.799. The van der Waals surface area contributed by atoms with Crippen molar-refractivity contribution >= 4 is 11.9 Å². The Morgan fingerprint density at radius 1 is 1.21 bits per heavy atom. The number of methoxy groups -OCH3 is 1. The highest BCUT2D eigenvalue weighted by Crippen LogP contribution is 2.11. The van der Waals surface area contributed by atoms with E-state index in [-0.39, 0.29) is 5.92 Å². The van der Waals surface area contributed by atoms with Gasteiger partial charge in [0.25, 0.3) is 0 Å². The molecule has 0 saturated carbocycles. The number of nitrogens with one attached hydrogen (secondary N) is 1. The summed E-state index contributed by atoms with van der Waals surface area (Å²) in [6.45, 7) is 3.66. The first-order valence-electron chi connectivity index (χ1n) is 6.16. The van der Waals surface area contributed by atoms with E-state index in [1.165, 1.54) is 7.11 Å². The summed E-state index contributed by atoms with van der Waals surface area (Å²) >= 11 is 0. The highest BCUT2D eigenvalue weighted by Gasteiger charge is 2.27. The Kier molecular flexibility index (Phi) is 5.51. The third-order valence-electron chi connectivity index (χ3n) is 2.86. The monoisotopic (exact) mass is 264 g/mol. The third kappa shape index (κ3) is 4.06. The second-order valence-electron chi connectivity index (χ2n) is 4.64. The Bertz CT molecular complexity index is 432. The molecule has 1 amide bonds. The van der Waals surface area contributed by atoms with E-state index in [0.717, 1.165) is 0 Å². The van der Waals surface area contributed by atoms with Crippen LogP contribution in [0, 0.1) is 5.92 Å². The van der Waals surface area contributed by atoms with Gasteiger partial charge in [0.05, 0.1) is 7.11 Å². The predicted molar refractivity (Wildman–Crippen MR) is 72.2 cm³/mol. The van der Waals surface area contributed by atoms with E-state index in [2.05, 4.69) is 10.1 Å². The number of amides is 1. The quantitative estimate of drug-likeness (QED) is 0.777. The molecule has 0 bridgehead atoms. The Balaban J connectivity index is 2.75. The maximum absolute atomic E-state index is 12.0. The van der Waals surface area contributed by atoms with Crippen LogP contribution >= 0.6 is 0 Å². The molecule has 0 saturated heterocycles. The van der Waals surface area contributed by atoms with Crippen molar-refractivity contribution in [2.45, 2.75) is 25.9 Å². The van der Waals surface area contributed by atoms with E-state index in [0.29, 0.717) is 5.56 Å². The van der Waals surface area contributed by atoms with Gasteiger partial charge < -0.3 is 15.8 Å². The van der Waals surface area contributed by atoms with E-state index in [9.17, 15) is 9.59 Å². The van der Waals surface area contributed by atoms with Crippen LogP contribution in [-0.2, 0) is 14.3 Å². The first-order valence-corrected chi connectivity index (χ1v) is 6.16. The SMILES string of the molecule is COC(=O)C(NC(=O)[C@H](N)c1ccccc1)C(C)C. The van der Waals surface area contributed by atoms with E-state index < -0.39 is 24.0 Å². The average molecular weight is 264 g/mol. The molecule has 0 radical (unpaired) electrons. The molecule has 2 atom stereocenters. The molecule has 0 aliphatic rings. The van der Waals surface area contributed by atoms with Crippen LogP contribution in [0.5, 0.6) is 0 Å². The molecule has 19 heavy (non-hydrogen) atoms. The normalized spacial score (nSPS) is 13.7. The molecule has 5 heteroatoms. The van der Waals surface area contributed by atoms with Gasteiger partial charge >= 0.3 is 5.97 Å². The van der Waals surface area contributed by atoms with E-state index in [4.69, 9.17) is 5.73 Å². The summed E-state index contributed by atoms with van der Waals surface area (Å²) in [5.74, 6) is -0.932. The maximum atomic E-state index is 12.0. The molecular formula is C14H20N2O3. The molecular weight excluding hydrogens is 244 g/mol. The number of carbonyl (C=O) groups excluding carboxylic acids is 2. The molecule has 1 unspecified atom stereocenters. The number of benzene rings is 1. The zero-order chi connectivity index (χ0) is 14.4. The smallest absolute Gasteiger partial charge is 0.328 e. The van der Waals surface area contributed by atoms with Crippen LogP contribution in [0.15, 0.2) is 30.3 Å². The molecule has 0 aliphatic carbocycles. The summed E-state index contributed by atoms with van der Waals surface area (Å²) in [5, 5.41) is 2.63. The summed E-state index contributed by atoms with van der Waals surface area (Å²) < 4.78 is 4.67. The van der Waals surface area contributed by atoms with Crippen molar-refractivity contribution in [1.29, 1.82) is 0 Å². The zero-order valence-corrected chi connectivity index (χ0v) is 11.4. The van der Waals surface area contributed by atoms with Gasteiger partial charge in [-0.05, 0) is 11.5 Å². The van der Waals surface area contributed by atoms with Crippen LogP contribution in [0.3, 0.4) is 0 Å². The van der Waals surface area contributed by atoms with Gasteiger partial charge in [0.1, 0.15) is 12.1 Å². The van der Waals surface area contributed by atoms with Gasteiger partial charge in [-0.1, -0.05) is 44.2 Å². The fourth-order valence-corrected chi connectivity index (χ4v) is 1.68. The Morgan fingerprint density at radius 2 is 1.79 bits per heavy atom. The van der Waals surface area contributed by atoms with Gasteiger partial charge in [-0.15, -0.1) is 0 Å². The Morgan fingerprint density at radius 3 is 2.26 bits per heavy atom. The first kappa shape index (κ1) is 15.2. The highest BCUT2D eigenvalue weighted by molar-refractivity contribution is 5.88. The molecule has 1 aromatic carbocycles. The number of rotatable bonds is 5. The van der Waals surface area contributed by atoms with Crippen molar-refractivity contribution < 1.29 is 14.3 Å². The van der Waals surface area contributed by atoms with E-state index in [1.807, 2.05) is 32.0 Å². The molecule has 1 aromatic rings. The van der Waals surface area contributed by atoms with Crippen LogP contribution < -0.4 is 11.1 Å². The van der Waals surface area contributed by atoms with Crippen molar-refractivity contribution in [1.82, 2.24) is 5.32 Å². The minimum Gasteiger partial charge on any atom is -0.467 e. The van der Waals surface area contributed by atoms with Gasteiger partial charge in [-0.3, -0.25) is 4.79 Å². The van der Waals surface area contributed by atoms with Gasteiger partial charge in [0.15, 0.2) is 0 Å². The molecule has 0 spiro atoms. The number of nitrogens with two attached hydrogens (primary N) is 1. The van der Waals surface area contributed by atoms with Crippen molar-refractivity contribution in [2.75, 3.05) is 7.11 Å². The molecule has 0 heterocycles. The van der Waals surface area contributed by atoms with Crippen LogP contribution in [0.2, 0.25) is 0 Å². The molecule has 104 valence electrons. The summed E-state index contributed by atoms with van der Waals surface area (Å²) in [4.78, 5) is 23.6. The molecule has 0 fully saturated rings. The van der Waals surface area contributed by atoms with E-state index in [1.54, 1.807) is 12.1 Å². The minimum absolute atomic E-state index is 0.0700. The van der Waals surface area contributed by atoms with Crippen LogP contribution in [0.1, 0.15) is 25.5 Å². The fraction of sp³-hybridized carbons (Fsp3) is 0.429. The lowest BCUT2D eigenvalue weighted by molar-refractivity contribution is -0.146. The molecule has 5 nitrogen and oxygen atoms in total. The molecule has 3 N–H and O–H groups in total. The number of esters is 1. The lowest BCUT2D eigenvalue weighted by atomic mass is 10.0. The summed E-state index contributed by atoms with van der Waals surface area (Å²) in [5.41, 5.74) is 6.57. The zero-order valence-electron chi connectivity index (χ0n) is 11.4. The fourth-order valence-electron chi connectivity index (χ4n) is 1.68. The van der Waals surface area contributed by atoms with Crippen LogP contribution in [-0.4, -0.2) is 25.0 Å². The van der Waals surface area contributed by atoms with Crippen LogP contribution in [0.4, 0.5) is 0 Å². The molecule has 0 aliphatic heterocycles. The molecule has 0 aromatic heterocycles. The Labute approximate surface area is 113 Å². The number of ether oxygens (including phenoxy) is 1. The largest absolute Gasteiger partial charge is 0.467 e. The number of carbonyl (C=O) groups is 2. The van der Waals surface area contributed by atoms with Crippen molar-refractivity contribution in [2.24, 2.45) is 11.7 Å². The summed E-state index contributed by atoms with van der Waals surface area (Å²) in [6, 6.07) is 7.52. The topological polar surface area (TPSA) is 81.4 Å². The molecule has 1 rings (SSSR count). The lowest BCUT2D eigenvalue weighted by Gasteiger charge is -2.22. The van der Waals surface area contributed by atoms with Crippen molar-refractivity contribution in [3.05, 3.63) is 35.9 Å². The second kappa shape index (κ2) is 6.89. The van der Waals surface area contributed by atoms with Crippen molar-refractivity contribution in [3.63, 3.8) is 0 Å². The second-order valence-corrected chi connectivity index (χ2v) is 4.64. The Hall–Kier alpha value is -1.88. The van der Waals surface area contributed by atoms with E-state index >= 15 is 0 Å². The van der Waals surface area contributed by atoms with Gasteiger partial charge in [-0.25, -0.2) is 4.79 Å². The average Bonchev–Trinajstić information content (AvgIpc) is 2.43. The van der Waals surface area contributed by atoms with Gasteiger partial charge in [0.2, 0.25) is 5.91 Å². The maximum Gasteiger partial charge on any atom is 0.328 e.